The van der Waals surface area contributed by atoms with Crippen LogP contribution < -0.4 is 19.3 Å². The molecule has 11 heteroatoms. The fraction of sp³-hybridized carbons (Fsp3) is 0.222. The fourth-order valence-corrected chi connectivity index (χ4v) is 4.85. The number of aromatic nitrogens is 1. The van der Waals surface area contributed by atoms with Crippen LogP contribution in [0.4, 0.5) is 4.39 Å². The fourth-order valence-electron chi connectivity index (χ4n) is 4.43. The Labute approximate surface area is 219 Å². The first-order valence-electron chi connectivity index (χ1n) is 11.6. The summed E-state index contributed by atoms with van der Waals surface area (Å²) in [5, 5.41) is 2.92. The number of ether oxygens (including phenoxy) is 2. The van der Waals surface area contributed by atoms with Crippen molar-refractivity contribution in [3.05, 3.63) is 82.4 Å². The minimum Gasteiger partial charge on any atom is -0.493 e. The Kier molecular flexibility index (Phi) is 7.78. The molecule has 0 bridgehead atoms. The number of benzene rings is 2. The van der Waals surface area contributed by atoms with Crippen LogP contribution in [0.25, 0.3) is 17.2 Å². The SMILES string of the molecule is COc1cc(C=C2C(C)=C(CC(=O)NCc3cccn3C)c3cc(F)ccc32)cc(OC)c1OP(=O)(O)O. The predicted molar refractivity (Wildman–Crippen MR) is 141 cm³/mol. The number of fused-ring (bicyclic) bond motifs is 1. The summed E-state index contributed by atoms with van der Waals surface area (Å²) in [6.45, 7) is 2.24. The van der Waals surface area contributed by atoms with Crippen LogP contribution in [0.3, 0.4) is 0 Å². The minimum atomic E-state index is -4.87. The highest BCUT2D eigenvalue weighted by Gasteiger charge is 2.27. The number of amides is 1. The molecule has 0 aliphatic heterocycles. The number of nitrogens with one attached hydrogen (secondary N) is 1. The standard InChI is InChI=1S/C27H28FN2O7P/c1-16-21(10-17-11-24(35-3)27(25(12-17)36-4)37-38(32,33)34)20-8-7-18(28)13-23(20)22(16)14-26(31)29-15-19-6-5-9-30(19)2/h5-13H,14-15H2,1-4H3,(H,29,31)(H2,32,33,34). The second-order valence-electron chi connectivity index (χ2n) is 8.75. The van der Waals surface area contributed by atoms with Crippen LogP contribution in [0.15, 0.2) is 54.2 Å². The number of halogens is 1. The Morgan fingerprint density at radius 3 is 2.37 bits per heavy atom. The van der Waals surface area contributed by atoms with Crippen molar-refractivity contribution < 1.29 is 37.5 Å². The lowest BCUT2D eigenvalue weighted by molar-refractivity contribution is -0.120. The van der Waals surface area contributed by atoms with Gasteiger partial charge >= 0.3 is 7.82 Å². The molecular weight excluding hydrogens is 514 g/mol. The first kappa shape index (κ1) is 27.2. The van der Waals surface area contributed by atoms with Crippen molar-refractivity contribution in [3.8, 4) is 17.2 Å². The largest absolute Gasteiger partial charge is 0.525 e. The number of carbonyl (C=O) groups is 1. The molecule has 0 atom stereocenters. The van der Waals surface area contributed by atoms with E-state index in [4.69, 9.17) is 14.0 Å². The third-order valence-electron chi connectivity index (χ3n) is 6.31. The molecule has 0 unspecified atom stereocenters. The molecule has 1 heterocycles. The number of hydrogen-bond acceptors (Lipinski definition) is 5. The minimum absolute atomic E-state index is 0.0544. The van der Waals surface area contributed by atoms with Gasteiger partial charge in [-0.25, -0.2) is 8.96 Å². The average Bonchev–Trinajstić information content (AvgIpc) is 3.38. The van der Waals surface area contributed by atoms with E-state index in [1.165, 1.54) is 26.4 Å². The van der Waals surface area contributed by atoms with Crippen molar-refractivity contribution in [3.63, 3.8) is 0 Å². The summed E-state index contributed by atoms with van der Waals surface area (Å²) < 4.78 is 43.0. The lowest BCUT2D eigenvalue weighted by atomic mass is 10.00. The van der Waals surface area contributed by atoms with Gasteiger partial charge in [-0.3, -0.25) is 14.6 Å². The summed E-state index contributed by atoms with van der Waals surface area (Å²) in [6, 6.07) is 11.3. The van der Waals surface area contributed by atoms with Crippen molar-refractivity contribution in [2.24, 2.45) is 7.05 Å². The summed E-state index contributed by atoms with van der Waals surface area (Å²) in [5.74, 6) is -0.735. The van der Waals surface area contributed by atoms with E-state index < -0.39 is 13.6 Å². The highest BCUT2D eigenvalue weighted by Crippen LogP contribution is 2.49. The van der Waals surface area contributed by atoms with Gasteiger partial charge in [-0.05, 0) is 82.8 Å². The average molecular weight is 543 g/mol. The maximum absolute atomic E-state index is 14.3. The molecule has 9 nitrogen and oxygen atoms in total. The van der Waals surface area contributed by atoms with E-state index in [2.05, 4.69) is 5.32 Å². The molecule has 1 aliphatic carbocycles. The normalized spacial score (nSPS) is 14.0. The van der Waals surface area contributed by atoms with E-state index in [0.29, 0.717) is 23.2 Å². The zero-order valence-electron chi connectivity index (χ0n) is 21.3. The van der Waals surface area contributed by atoms with E-state index in [1.807, 2.05) is 42.9 Å². The first-order chi connectivity index (χ1) is 18.0. The van der Waals surface area contributed by atoms with Crippen molar-refractivity contribution in [2.75, 3.05) is 14.2 Å². The number of nitrogens with zero attached hydrogens (tertiary/aromatic N) is 1. The van der Waals surface area contributed by atoms with Gasteiger partial charge in [-0.1, -0.05) is 6.07 Å². The van der Waals surface area contributed by atoms with Gasteiger partial charge in [0.2, 0.25) is 11.7 Å². The first-order valence-corrected chi connectivity index (χ1v) is 13.1. The van der Waals surface area contributed by atoms with E-state index in [-0.39, 0.29) is 29.6 Å². The molecule has 0 fully saturated rings. The van der Waals surface area contributed by atoms with Gasteiger partial charge in [0.05, 0.1) is 27.2 Å². The number of rotatable bonds is 9. The summed E-state index contributed by atoms with van der Waals surface area (Å²) in [5.41, 5.74) is 5.18. The Balaban J connectivity index is 1.71. The second-order valence-corrected chi connectivity index (χ2v) is 9.92. The summed E-state index contributed by atoms with van der Waals surface area (Å²) in [6.07, 6.45) is 3.77. The molecule has 2 aromatic carbocycles. The molecule has 4 rings (SSSR count). The Morgan fingerprint density at radius 2 is 1.79 bits per heavy atom. The van der Waals surface area contributed by atoms with Gasteiger partial charge < -0.3 is 23.9 Å². The predicted octanol–water partition coefficient (Wildman–Crippen LogP) is 4.69. The third-order valence-corrected chi connectivity index (χ3v) is 6.73. The number of allylic oxidation sites excluding steroid dienone is 2. The van der Waals surface area contributed by atoms with Gasteiger partial charge in [-0.2, -0.15) is 0 Å². The van der Waals surface area contributed by atoms with E-state index >= 15 is 0 Å². The maximum atomic E-state index is 14.3. The summed E-state index contributed by atoms with van der Waals surface area (Å²) in [4.78, 5) is 31.4. The molecule has 0 saturated carbocycles. The van der Waals surface area contributed by atoms with Gasteiger partial charge in [0, 0.05) is 18.9 Å². The topological polar surface area (TPSA) is 119 Å². The number of phosphoric ester groups is 1. The second kappa shape index (κ2) is 10.9. The van der Waals surface area contributed by atoms with Gasteiger partial charge in [-0.15, -0.1) is 0 Å². The van der Waals surface area contributed by atoms with Crippen molar-refractivity contribution in [1.29, 1.82) is 0 Å². The lowest BCUT2D eigenvalue weighted by Crippen LogP contribution is -2.23. The lowest BCUT2D eigenvalue weighted by Gasteiger charge is -2.16. The summed E-state index contributed by atoms with van der Waals surface area (Å²) >= 11 is 0. The third kappa shape index (κ3) is 5.83. The Bertz CT molecular complexity index is 1480. The van der Waals surface area contributed by atoms with Crippen LogP contribution in [0.1, 0.15) is 35.7 Å². The van der Waals surface area contributed by atoms with Crippen LogP contribution in [-0.4, -0.2) is 34.5 Å². The number of aryl methyl sites for hydroxylation is 1. The zero-order valence-corrected chi connectivity index (χ0v) is 22.2. The molecule has 1 aromatic heterocycles. The van der Waals surface area contributed by atoms with Crippen LogP contribution >= 0.6 is 7.82 Å². The summed E-state index contributed by atoms with van der Waals surface area (Å²) in [7, 11) is -0.303. The number of methoxy groups -OCH3 is 2. The number of hydrogen-bond donors (Lipinski definition) is 3. The maximum Gasteiger partial charge on any atom is 0.525 e. The molecule has 200 valence electrons. The monoisotopic (exact) mass is 542 g/mol. The van der Waals surface area contributed by atoms with Crippen LogP contribution in [0.2, 0.25) is 0 Å². The molecule has 3 N–H and O–H groups in total. The van der Waals surface area contributed by atoms with Crippen LogP contribution in [0, 0.1) is 5.82 Å². The quantitative estimate of drug-likeness (QED) is 0.336. The highest BCUT2D eigenvalue weighted by molar-refractivity contribution is 7.46. The van der Waals surface area contributed by atoms with Gasteiger partial charge in [0.25, 0.3) is 0 Å². The van der Waals surface area contributed by atoms with Crippen molar-refractivity contribution in [1.82, 2.24) is 9.88 Å². The van der Waals surface area contributed by atoms with Crippen molar-refractivity contribution >= 4 is 31.0 Å². The number of carbonyl (C=O) groups excluding carboxylic acids is 1. The zero-order chi connectivity index (χ0) is 27.6. The van der Waals surface area contributed by atoms with Gasteiger partial charge in [0.15, 0.2) is 11.5 Å². The molecular formula is C27H28FN2O7P. The Morgan fingerprint density at radius 1 is 1.11 bits per heavy atom. The molecule has 0 saturated heterocycles. The van der Waals surface area contributed by atoms with E-state index in [0.717, 1.165) is 22.4 Å². The van der Waals surface area contributed by atoms with Crippen LogP contribution in [0.5, 0.6) is 17.2 Å². The van der Waals surface area contributed by atoms with E-state index in [9.17, 15) is 23.5 Å². The van der Waals surface area contributed by atoms with Crippen LogP contribution in [-0.2, 0) is 23.0 Å². The molecule has 0 spiro atoms. The highest BCUT2D eigenvalue weighted by atomic mass is 31.2. The molecule has 38 heavy (non-hydrogen) atoms. The van der Waals surface area contributed by atoms with Gasteiger partial charge in [0.1, 0.15) is 5.82 Å². The number of phosphoric acid groups is 1. The smallest absolute Gasteiger partial charge is 0.493 e. The molecule has 1 amide bonds. The molecule has 3 aromatic rings. The van der Waals surface area contributed by atoms with Crippen molar-refractivity contribution in [2.45, 2.75) is 19.9 Å². The van der Waals surface area contributed by atoms with E-state index in [1.54, 1.807) is 18.2 Å². The molecule has 0 radical (unpaired) electrons. The Hall–Kier alpha value is -3.85. The molecule has 1 aliphatic rings.